The molecule has 0 aliphatic rings. The minimum atomic E-state index is -2.54. The average molecular weight is 371 g/mol. The maximum atomic E-state index is 12.8. The molecule has 5 heteroatoms. The predicted molar refractivity (Wildman–Crippen MR) is 106 cm³/mol. The van der Waals surface area contributed by atoms with E-state index in [1.807, 2.05) is 0 Å². The lowest BCUT2D eigenvalue weighted by atomic mass is 9.96. The van der Waals surface area contributed by atoms with Gasteiger partial charge in [0.15, 0.2) is 0 Å². The third-order valence-electron chi connectivity index (χ3n) is 5.78. The van der Waals surface area contributed by atoms with Crippen molar-refractivity contribution in [2.45, 2.75) is 98.2 Å². The smallest absolute Gasteiger partial charge is 0.331 e. The Bertz CT molecular complexity index is 510. The molecule has 146 valence electrons. The van der Waals surface area contributed by atoms with E-state index in [9.17, 15) is 14.7 Å². The van der Waals surface area contributed by atoms with Gasteiger partial charge >= 0.3 is 11.9 Å². The van der Waals surface area contributed by atoms with Crippen LogP contribution in [-0.2, 0) is 14.0 Å². The van der Waals surface area contributed by atoms with Crippen molar-refractivity contribution in [3.8, 4) is 0 Å². The van der Waals surface area contributed by atoms with Crippen LogP contribution in [0.15, 0.2) is 11.1 Å². The van der Waals surface area contributed by atoms with Crippen LogP contribution in [0.25, 0.3) is 0 Å². The first-order chi connectivity index (χ1) is 11.2. The molecule has 0 saturated carbocycles. The predicted octanol–water partition coefficient (Wildman–Crippen LogP) is 5.93. The Morgan fingerprint density at radius 3 is 1.76 bits per heavy atom. The number of aliphatic carboxylic acids is 1. The van der Waals surface area contributed by atoms with Gasteiger partial charge in [-0.05, 0) is 42.3 Å². The van der Waals surface area contributed by atoms with Crippen LogP contribution in [0.3, 0.4) is 0 Å². The summed E-state index contributed by atoms with van der Waals surface area (Å²) in [6, 6.07) is 0. The van der Waals surface area contributed by atoms with Gasteiger partial charge in [-0.2, -0.15) is 0 Å². The van der Waals surface area contributed by atoms with Crippen LogP contribution < -0.4 is 0 Å². The molecule has 0 aromatic rings. The van der Waals surface area contributed by atoms with Crippen LogP contribution in [0.5, 0.6) is 0 Å². The Kier molecular flexibility index (Phi) is 8.62. The molecule has 1 unspecified atom stereocenters. The van der Waals surface area contributed by atoms with Gasteiger partial charge in [-0.3, -0.25) is 0 Å². The molecule has 4 nitrogen and oxygen atoms in total. The van der Waals surface area contributed by atoms with Crippen LogP contribution in [0.4, 0.5) is 0 Å². The normalized spacial score (nSPS) is 15.2. The maximum Gasteiger partial charge on any atom is 0.331 e. The maximum absolute atomic E-state index is 12.8. The van der Waals surface area contributed by atoms with E-state index < -0.39 is 20.3 Å². The molecule has 25 heavy (non-hydrogen) atoms. The van der Waals surface area contributed by atoms with Gasteiger partial charge in [-0.1, -0.05) is 61.8 Å². The fraction of sp³-hybridized carbons (Fsp3) is 0.800. The summed E-state index contributed by atoms with van der Waals surface area (Å²) in [5.41, 5.74) is 0.743. The first-order valence-corrected chi connectivity index (χ1v) is 11.4. The number of hydrogen-bond acceptors (Lipinski definition) is 3. The van der Waals surface area contributed by atoms with Crippen LogP contribution >= 0.6 is 0 Å². The first kappa shape index (κ1) is 23.9. The molecule has 0 spiro atoms. The van der Waals surface area contributed by atoms with Crippen LogP contribution in [-0.4, -0.2) is 25.4 Å². The second-order valence-corrected chi connectivity index (χ2v) is 14.1. The summed E-state index contributed by atoms with van der Waals surface area (Å²) in [7, 11) is -2.54. The Hall–Kier alpha value is -1.10. The van der Waals surface area contributed by atoms with E-state index in [1.54, 1.807) is 6.92 Å². The summed E-state index contributed by atoms with van der Waals surface area (Å²) in [6.07, 6.45) is 2.09. The molecule has 0 aliphatic heterocycles. The van der Waals surface area contributed by atoms with Crippen molar-refractivity contribution in [2.75, 3.05) is 0 Å². The molecule has 1 N–H and O–H groups in total. The molecule has 0 amide bonds. The number of carbonyl (C=O) groups excluding carboxylic acids is 1. The molecule has 0 radical (unpaired) electrons. The summed E-state index contributed by atoms with van der Waals surface area (Å²) >= 11 is 0. The zero-order valence-corrected chi connectivity index (χ0v) is 18.8. The second kappa shape index (κ2) is 9.02. The van der Waals surface area contributed by atoms with Crippen molar-refractivity contribution in [3.05, 3.63) is 11.1 Å². The molecule has 0 aromatic heterocycles. The molecule has 0 aromatic carbocycles. The van der Waals surface area contributed by atoms with Crippen molar-refractivity contribution in [3.63, 3.8) is 0 Å². The van der Waals surface area contributed by atoms with Crippen molar-refractivity contribution < 1.29 is 19.1 Å². The highest BCUT2D eigenvalue weighted by molar-refractivity contribution is 6.80. The molecule has 1 atom stereocenters. The third kappa shape index (κ3) is 5.19. The van der Waals surface area contributed by atoms with E-state index in [0.29, 0.717) is 5.92 Å². The van der Waals surface area contributed by atoms with Crippen LogP contribution in [0.2, 0.25) is 16.1 Å². The summed E-state index contributed by atoms with van der Waals surface area (Å²) in [5.74, 6) is -0.989. The van der Waals surface area contributed by atoms with Crippen molar-refractivity contribution in [1.82, 2.24) is 0 Å². The third-order valence-corrected chi connectivity index (χ3v) is 12.1. The van der Waals surface area contributed by atoms with E-state index in [1.165, 1.54) is 6.92 Å². The molecule has 0 bridgehead atoms. The van der Waals surface area contributed by atoms with Gasteiger partial charge in [0.25, 0.3) is 8.32 Å². The van der Waals surface area contributed by atoms with Gasteiger partial charge in [0.1, 0.15) is 0 Å². The lowest BCUT2D eigenvalue weighted by molar-refractivity contribution is -0.135. The number of carbonyl (C=O) groups is 2. The van der Waals surface area contributed by atoms with Crippen LogP contribution in [0, 0.1) is 5.92 Å². The summed E-state index contributed by atoms with van der Waals surface area (Å²) in [5, 5.41) is 9.08. The van der Waals surface area contributed by atoms with Gasteiger partial charge < -0.3 is 9.53 Å². The Labute approximate surface area is 155 Å². The average Bonchev–Trinajstić information content (AvgIpc) is 2.48. The van der Waals surface area contributed by atoms with Crippen molar-refractivity contribution >= 4 is 20.3 Å². The SMILES string of the molecule is CCC(C)CC(C)(C)[Si](OC(=O)/C(C)=C(/C)C(=O)O)(C(C)C)C(C)C. The first-order valence-electron chi connectivity index (χ1n) is 9.38. The zero-order chi connectivity index (χ0) is 20.2. The molecule has 0 heterocycles. The minimum absolute atomic E-state index is 0.0557. The van der Waals surface area contributed by atoms with Gasteiger partial charge in [0.2, 0.25) is 0 Å². The quantitative estimate of drug-likeness (QED) is 0.403. The fourth-order valence-corrected chi connectivity index (χ4v) is 10.7. The Balaban J connectivity index is 6.08. The van der Waals surface area contributed by atoms with Gasteiger partial charge in [0.05, 0.1) is 0 Å². The van der Waals surface area contributed by atoms with Crippen molar-refractivity contribution in [1.29, 1.82) is 0 Å². The van der Waals surface area contributed by atoms with E-state index in [4.69, 9.17) is 4.43 Å². The number of rotatable bonds is 9. The highest BCUT2D eigenvalue weighted by Crippen LogP contribution is 2.54. The highest BCUT2D eigenvalue weighted by atomic mass is 28.4. The number of carboxylic acid groups (broad SMARTS) is 1. The number of carboxylic acids is 1. The Morgan fingerprint density at radius 2 is 1.44 bits per heavy atom. The monoisotopic (exact) mass is 370 g/mol. The van der Waals surface area contributed by atoms with Gasteiger partial charge in [0, 0.05) is 11.1 Å². The van der Waals surface area contributed by atoms with Crippen molar-refractivity contribution in [2.24, 2.45) is 5.92 Å². The summed E-state index contributed by atoms with van der Waals surface area (Å²) < 4.78 is 6.28. The van der Waals surface area contributed by atoms with E-state index >= 15 is 0 Å². The lowest BCUT2D eigenvalue weighted by Gasteiger charge is -2.50. The Morgan fingerprint density at radius 1 is 1.00 bits per heavy atom. The van der Waals surface area contributed by atoms with Gasteiger partial charge in [-0.25, -0.2) is 9.59 Å². The standard InChI is InChI=1S/C20H38O4Si/c1-11-15(6)12-20(9,10)25(13(2)3,14(4)5)24-19(23)17(8)16(7)18(21)22/h13-15H,11-12H2,1-10H3,(H,21,22)/b17-16-. The zero-order valence-electron chi connectivity index (χ0n) is 17.8. The number of hydrogen-bond donors (Lipinski definition) is 1. The second-order valence-electron chi connectivity index (χ2n) is 8.65. The largest absolute Gasteiger partial charge is 0.515 e. The molecule has 0 aliphatic carbocycles. The van der Waals surface area contributed by atoms with E-state index in [2.05, 4.69) is 55.4 Å². The molecule has 0 fully saturated rings. The molecular weight excluding hydrogens is 332 g/mol. The molecule has 0 rings (SSSR count). The van der Waals surface area contributed by atoms with Gasteiger partial charge in [-0.15, -0.1) is 0 Å². The molecule has 0 saturated heterocycles. The lowest BCUT2D eigenvalue weighted by Crippen LogP contribution is -2.55. The topological polar surface area (TPSA) is 63.6 Å². The molecular formula is C20H38O4Si. The minimum Gasteiger partial charge on any atom is -0.515 e. The highest BCUT2D eigenvalue weighted by Gasteiger charge is 2.56. The fourth-order valence-electron chi connectivity index (χ4n) is 4.32. The van der Waals surface area contributed by atoms with E-state index in [-0.39, 0.29) is 27.3 Å². The summed E-state index contributed by atoms with van der Waals surface area (Å²) in [6.45, 7) is 20.4. The van der Waals surface area contributed by atoms with Crippen LogP contribution in [0.1, 0.15) is 82.1 Å². The summed E-state index contributed by atoms with van der Waals surface area (Å²) in [4.78, 5) is 24.0. The van der Waals surface area contributed by atoms with E-state index in [0.717, 1.165) is 12.8 Å².